The molecule has 0 amide bonds. The number of allylic oxidation sites excluding steroid dienone is 1. The van der Waals surface area contributed by atoms with Crippen LogP contribution >= 0.6 is 0 Å². The summed E-state index contributed by atoms with van der Waals surface area (Å²) in [6.07, 6.45) is 7.66. The molecule has 0 bridgehead atoms. The van der Waals surface area contributed by atoms with E-state index in [1.165, 1.54) is 13.3 Å². The van der Waals surface area contributed by atoms with Crippen LogP contribution in [0.4, 0.5) is 0 Å². The molecule has 5 nitrogen and oxygen atoms in total. The molecule has 5 heteroatoms. The molecule has 9 unspecified atom stereocenters. The van der Waals surface area contributed by atoms with Crippen LogP contribution in [0.5, 0.6) is 0 Å². The number of carbonyl (C=O) groups excluding carboxylic acids is 1. The zero-order chi connectivity index (χ0) is 27.6. The number of aliphatic hydroxyl groups excluding tert-OH is 2. The minimum Gasteiger partial charge on any atom is -0.393 e. The first-order valence-corrected chi connectivity index (χ1v) is 15.0. The third-order valence-corrected chi connectivity index (χ3v) is 12.5. The first kappa shape index (κ1) is 29.2. The summed E-state index contributed by atoms with van der Waals surface area (Å²) in [6, 6.07) is 0. The fourth-order valence-electron chi connectivity index (χ4n) is 9.77. The Hall–Kier alpha value is -0.750. The van der Waals surface area contributed by atoms with E-state index in [2.05, 4.69) is 48.5 Å². The highest BCUT2D eigenvalue weighted by atomic mass is 16.5. The maximum Gasteiger partial charge on any atom is 0.138 e. The van der Waals surface area contributed by atoms with Gasteiger partial charge in [-0.15, -0.1) is 0 Å². The van der Waals surface area contributed by atoms with E-state index in [1.54, 1.807) is 11.1 Å². The third-order valence-electron chi connectivity index (χ3n) is 12.5. The van der Waals surface area contributed by atoms with Crippen molar-refractivity contribution in [2.24, 2.45) is 39.4 Å². The van der Waals surface area contributed by atoms with Crippen molar-refractivity contribution >= 4 is 5.78 Å². The number of ketones is 1. The Morgan fingerprint density at radius 2 is 1.76 bits per heavy atom. The van der Waals surface area contributed by atoms with Gasteiger partial charge in [-0.05, 0) is 105 Å². The monoisotopic (exact) mass is 518 g/mol. The van der Waals surface area contributed by atoms with Gasteiger partial charge in [-0.3, -0.25) is 4.79 Å². The molecule has 2 fully saturated rings. The van der Waals surface area contributed by atoms with Gasteiger partial charge < -0.3 is 20.1 Å². The van der Waals surface area contributed by atoms with E-state index in [9.17, 15) is 20.1 Å². The number of rotatable bonds is 8. The fourth-order valence-corrected chi connectivity index (χ4v) is 9.77. The maximum absolute atomic E-state index is 13.0. The summed E-state index contributed by atoms with van der Waals surface area (Å²) in [5.41, 5.74) is 1.70. The smallest absolute Gasteiger partial charge is 0.138 e. The summed E-state index contributed by atoms with van der Waals surface area (Å²) in [5, 5.41) is 30.2. The number of hydrogen-bond acceptors (Lipinski definition) is 5. The van der Waals surface area contributed by atoms with Crippen LogP contribution in [0.1, 0.15) is 113 Å². The summed E-state index contributed by atoms with van der Waals surface area (Å²) in [7, 11) is 0. The van der Waals surface area contributed by atoms with Crippen molar-refractivity contribution in [1.82, 2.24) is 0 Å². The molecular weight excluding hydrogens is 464 g/mol. The summed E-state index contributed by atoms with van der Waals surface area (Å²) in [4.78, 5) is 13.0. The SMILES string of the molecule is CCOC1CC2C(C)(C)C(=O)CCC2(C)C2=C1C1(C)CCC(C(C)CCC(O)C(C)(O)CO)C1(C)CC2. The van der Waals surface area contributed by atoms with Crippen molar-refractivity contribution in [2.45, 2.75) is 131 Å². The van der Waals surface area contributed by atoms with Crippen LogP contribution in [-0.2, 0) is 9.53 Å². The highest BCUT2D eigenvalue weighted by Gasteiger charge is 2.65. The summed E-state index contributed by atoms with van der Waals surface area (Å²) in [5.74, 6) is 1.69. The molecule has 2 saturated carbocycles. The third kappa shape index (κ3) is 4.30. The Balaban J connectivity index is 1.68. The minimum absolute atomic E-state index is 0.0636. The van der Waals surface area contributed by atoms with Crippen molar-refractivity contribution < 1.29 is 24.9 Å². The Morgan fingerprint density at radius 1 is 1.08 bits per heavy atom. The van der Waals surface area contributed by atoms with Gasteiger partial charge >= 0.3 is 0 Å². The van der Waals surface area contributed by atoms with Crippen LogP contribution < -0.4 is 0 Å². The van der Waals surface area contributed by atoms with Crippen molar-refractivity contribution in [3.8, 4) is 0 Å². The standard InChI is InChI=1S/C32H54O5/c1-9-37-23-18-24-28(3,4)25(34)14-15-29(24,5)22-13-16-30(6)21(12-17-31(30,7)27(22)23)20(2)10-11-26(35)32(8,36)19-33/h20-21,23-24,26,33,35-36H,9-19H2,1-8H3. The van der Waals surface area contributed by atoms with Crippen LogP contribution in [0.25, 0.3) is 0 Å². The first-order valence-electron chi connectivity index (χ1n) is 15.0. The van der Waals surface area contributed by atoms with Gasteiger partial charge in [-0.25, -0.2) is 0 Å². The lowest BCUT2D eigenvalue weighted by Gasteiger charge is -2.62. The zero-order valence-electron chi connectivity index (χ0n) is 24.8. The van der Waals surface area contributed by atoms with Gasteiger partial charge in [0.2, 0.25) is 0 Å². The molecule has 212 valence electrons. The molecule has 9 atom stereocenters. The van der Waals surface area contributed by atoms with Crippen molar-refractivity contribution in [2.75, 3.05) is 13.2 Å². The van der Waals surface area contributed by atoms with Gasteiger partial charge in [0.05, 0.1) is 18.8 Å². The lowest BCUT2D eigenvalue weighted by Crippen LogP contribution is -2.57. The van der Waals surface area contributed by atoms with E-state index in [0.29, 0.717) is 43.0 Å². The van der Waals surface area contributed by atoms with Crippen LogP contribution in [0.3, 0.4) is 0 Å². The van der Waals surface area contributed by atoms with E-state index in [1.807, 2.05) is 0 Å². The topological polar surface area (TPSA) is 87.0 Å². The molecule has 4 rings (SSSR count). The number of Topliss-reactive ketones (excluding diaryl/α,β-unsaturated/α-hetero) is 1. The molecule has 0 aliphatic heterocycles. The molecule has 4 aliphatic rings. The summed E-state index contributed by atoms with van der Waals surface area (Å²) < 4.78 is 6.56. The van der Waals surface area contributed by atoms with Gasteiger partial charge in [0, 0.05) is 18.4 Å². The number of ether oxygens (including phenoxy) is 1. The van der Waals surface area contributed by atoms with Crippen LogP contribution in [0, 0.1) is 39.4 Å². The van der Waals surface area contributed by atoms with Crippen molar-refractivity contribution in [1.29, 1.82) is 0 Å². The largest absolute Gasteiger partial charge is 0.393 e. The van der Waals surface area contributed by atoms with Crippen molar-refractivity contribution in [3.05, 3.63) is 11.1 Å². The Morgan fingerprint density at radius 3 is 2.38 bits per heavy atom. The number of hydrogen-bond donors (Lipinski definition) is 3. The number of carbonyl (C=O) groups is 1. The number of aliphatic hydroxyl groups is 3. The van der Waals surface area contributed by atoms with E-state index in [4.69, 9.17) is 4.74 Å². The average molecular weight is 519 g/mol. The molecule has 0 aromatic heterocycles. The van der Waals surface area contributed by atoms with E-state index >= 15 is 0 Å². The Labute approximate surface area is 225 Å². The van der Waals surface area contributed by atoms with E-state index in [0.717, 1.165) is 38.5 Å². The zero-order valence-corrected chi connectivity index (χ0v) is 24.8. The van der Waals surface area contributed by atoms with Crippen molar-refractivity contribution in [3.63, 3.8) is 0 Å². The lowest BCUT2D eigenvalue weighted by atomic mass is 9.43. The Bertz CT molecular complexity index is 920. The average Bonchev–Trinajstić information content (AvgIpc) is 3.12. The highest BCUT2D eigenvalue weighted by molar-refractivity contribution is 5.85. The first-order chi connectivity index (χ1) is 17.1. The second-order valence-corrected chi connectivity index (χ2v) is 14.7. The quantitative estimate of drug-likeness (QED) is 0.351. The predicted octanol–water partition coefficient (Wildman–Crippen LogP) is 5.84. The summed E-state index contributed by atoms with van der Waals surface area (Å²) in [6.45, 7) is 18.0. The van der Waals surface area contributed by atoms with E-state index in [-0.39, 0.29) is 27.8 Å². The normalized spacial score (nSPS) is 42.5. The van der Waals surface area contributed by atoms with Crippen LogP contribution in [0.2, 0.25) is 0 Å². The summed E-state index contributed by atoms with van der Waals surface area (Å²) >= 11 is 0. The molecular formula is C32H54O5. The molecule has 0 heterocycles. The Kier molecular flexibility index (Phi) is 7.67. The lowest BCUT2D eigenvalue weighted by molar-refractivity contribution is -0.143. The highest BCUT2D eigenvalue weighted by Crippen LogP contribution is 2.72. The van der Waals surface area contributed by atoms with Crippen LogP contribution in [-0.4, -0.2) is 52.1 Å². The van der Waals surface area contributed by atoms with Crippen LogP contribution in [0.15, 0.2) is 11.1 Å². The molecule has 0 aromatic carbocycles. The predicted molar refractivity (Wildman–Crippen MR) is 147 cm³/mol. The van der Waals surface area contributed by atoms with Gasteiger partial charge in [0.25, 0.3) is 0 Å². The molecule has 0 saturated heterocycles. The second kappa shape index (κ2) is 9.71. The molecule has 0 aromatic rings. The molecule has 0 radical (unpaired) electrons. The maximum atomic E-state index is 13.0. The molecule has 37 heavy (non-hydrogen) atoms. The number of fused-ring (bicyclic) bond motifs is 4. The fraction of sp³-hybridized carbons (Fsp3) is 0.906. The van der Waals surface area contributed by atoms with E-state index < -0.39 is 18.3 Å². The van der Waals surface area contributed by atoms with Gasteiger partial charge in [-0.1, -0.05) is 47.1 Å². The second-order valence-electron chi connectivity index (χ2n) is 14.7. The molecule has 4 aliphatic carbocycles. The van der Waals surface area contributed by atoms with Gasteiger partial charge in [0.1, 0.15) is 11.4 Å². The molecule has 0 spiro atoms. The molecule has 3 N–H and O–H groups in total. The van der Waals surface area contributed by atoms with Gasteiger partial charge in [0.15, 0.2) is 0 Å². The van der Waals surface area contributed by atoms with Gasteiger partial charge in [-0.2, -0.15) is 0 Å². The minimum atomic E-state index is -1.45.